The molecule has 3 nitrogen and oxygen atoms in total. The van der Waals surface area contributed by atoms with Gasteiger partial charge in [0.25, 0.3) is 5.91 Å². The molecule has 3 aromatic rings. The van der Waals surface area contributed by atoms with Crippen molar-refractivity contribution in [2.45, 2.75) is 13.0 Å². The average Bonchev–Trinajstić information content (AvgIpc) is 2.68. The van der Waals surface area contributed by atoms with Gasteiger partial charge in [0.15, 0.2) is 0 Å². The summed E-state index contributed by atoms with van der Waals surface area (Å²) in [6, 6.07) is 22.5. The summed E-state index contributed by atoms with van der Waals surface area (Å²) in [7, 11) is 0. The van der Waals surface area contributed by atoms with Gasteiger partial charge >= 0.3 is 0 Å². The van der Waals surface area contributed by atoms with Gasteiger partial charge in [-0.15, -0.1) is 0 Å². The third-order valence-corrected chi connectivity index (χ3v) is 4.66. The molecule has 0 saturated heterocycles. The van der Waals surface area contributed by atoms with Gasteiger partial charge in [0.05, 0.1) is 6.61 Å². The molecule has 0 saturated carbocycles. The Morgan fingerprint density at radius 2 is 1.67 bits per heavy atom. The third kappa shape index (κ3) is 5.75. The van der Waals surface area contributed by atoms with E-state index in [1.807, 2.05) is 18.2 Å². The van der Waals surface area contributed by atoms with Gasteiger partial charge in [-0.3, -0.25) is 4.79 Å². The Morgan fingerprint density at radius 1 is 0.926 bits per heavy atom. The van der Waals surface area contributed by atoms with Crippen molar-refractivity contribution in [3.8, 4) is 5.75 Å². The van der Waals surface area contributed by atoms with Crippen molar-refractivity contribution in [2.24, 2.45) is 0 Å². The van der Waals surface area contributed by atoms with Gasteiger partial charge in [-0.25, -0.2) is 0 Å². The molecule has 0 bridgehead atoms. The standard InChI is InChI=1S/C22H19Cl2NO2/c23-19-9-6-18(21(24)14-19)15-25-22(26)17-7-10-20(11-8-17)27-13-12-16-4-2-1-3-5-16/h1-11,14H,12-13,15H2,(H,25,26). The zero-order valence-corrected chi connectivity index (χ0v) is 16.1. The van der Waals surface area contributed by atoms with Crippen LogP contribution >= 0.6 is 23.2 Å². The van der Waals surface area contributed by atoms with E-state index in [4.69, 9.17) is 27.9 Å². The number of rotatable bonds is 7. The highest BCUT2D eigenvalue weighted by atomic mass is 35.5. The van der Waals surface area contributed by atoms with Crippen LogP contribution in [0.5, 0.6) is 5.75 Å². The number of nitrogens with one attached hydrogen (secondary N) is 1. The number of hydrogen-bond donors (Lipinski definition) is 1. The molecule has 0 spiro atoms. The van der Waals surface area contributed by atoms with Gasteiger partial charge in [0, 0.05) is 28.6 Å². The van der Waals surface area contributed by atoms with Crippen molar-refractivity contribution in [3.63, 3.8) is 0 Å². The molecule has 0 fully saturated rings. The lowest BCUT2D eigenvalue weighted by molar-refractivity contribution is 0.0951. The minimum atomic E-state index is -0.170. The predicted octanol–water partition coefficient (Wildman–Crippen LogP) is 5.54. The van der Waals surface area contributed by atoms with Crippen LogP contribution in [0.15, 0.2) is 72.8 Å². The van der Waals surface area contributed by atoms with E-state index in [-0.39, 0.29) is 5.91 Å². The fraction of sp³-hybridized carbons (Fsp3) is 0.136. The van der Waals surface area contributed by atoms with Gasteiger partial charge in [-0.05, 0) is 47.5 Å². The minimum Gasteiger partial charge on any atom is -0.493 e. The van der Waals surface area contributed by atoms with Crippen LogP contribution in [-0.2, 0) is 13.0 Å². The number of ether oxygens (including phenoxy) is 1. The largest absolute Gasteiger partial charge is 0.493 e. The van der Waals surface area contributed by atoms with E-state index in [0.717, 1.165) is 17.7 Å². The highest BCUT2D eigenvalue weighted by molar-refractivity contribution is 6.35. The first-order valence-corrected chi connectivity index (χ1v) is 9.36. The molecule has 0 heterocycles. The second kappa shape index (κ2) is 9.45. The minimum absolute atomic E-state index is 0.170. The molecule has 1 amide bonds. The average molecular weight is 400 g/mol. The van der Waals surface area contributed by atoms with Crippen LogP contribution in [0.4, 0.5) is 0 Å². The molecular formula is C22H19Cl2NO2. The fourth-order valence-corrected chi connectivity index (χ4v) is 3.05. The number of hydrogen-bond acceptors (Lipinski definition) is 2. The van der Waals surface area contributed by atoms with Gasteiger partial charge in [-0.2, -0.15) is 0 Å². The molecule has 5 heteroatoms. The van der Waals surface area contributed by atoms with Crippen molar-refractivity contribution in [1.82, 2.24) is 5.32 Å². The number of benzene rings is 3. The van der Waals surface area contributed by atoms with Crippen LogP contribution < -0.4 is 10.1 Å². The fourth-order valence-electron chi connectivity index (χ4n) is 2.58. The summed E-state index contributed by atoms with van der Waals surface area (Å²) in [4.78, 5) is 12.3. The molecule has 3 rings (SSSR count). The van der Waals surface area contributed by atoms with Crippen molar-refractivity contribution >= 4 is 29.1 Å². The van der Waals surface area contributed by atoms with Gasteiger partial charge < -0.3 is 10.1 Å². The van der Waals surface area contributed by atoms with E-state index < -0.39 is 0 Å². The second-order valence-electron chi connectivity index (χ2n) is 6.03. The molecule has 0 aliphatic carbocycles. The first-order valence-electron chi connectivity index (χ1n) is 8.61. The molecule has 3 aromatic carbocycles. The molecule has 0 atom stereocenters. The maximum Gasteiger partial charge on any atom is 0.251 e. The molecule has 138 valence electrons. The predicted molar refractivity (Wildman–Crippen MR) is 110 cm³/mol. The quantitative estimate of drug-likeness (QED) is 0.565. The van der Waals surface area contributed by atoms with Crippen LogP contribution in [0.2, 0.25) is 10.0 Å². The molecule has 0 radical (unpaired) electrons. The van der Waals surface area contributed by atoms with E-state index in [9.17, 15) is 4.79 Å². The lowest BCUT2D eigenvalue weighted by Crippen LogP contribution is -2.22. The Labute approximate surface area is 168 Å². The van der Waals surface area contributed by atoms with Crippen molar-refractivity contribution in [3.05, 3.63) is 99.5 Å². The van der Waals surface area contributed by atoms with Crippen LogP contribution in [0.1, 0.15) is 21.5 Å². The maximum atomic E-state index is 12.3. The van der Waals surface area contributed by atoms with Crippen LogP contribution in [0, 0.1) is 0 Å². The summed E-state index contributed by atoms with van der Waals surface area (Å²) in [6.45, 7) is 0.925. The highest BCUT2D eigenvalue weighted by Crippen LogP contribution is 2.21. The maximum absolute atomic E-state index is 12.3. The van der Waals surface area contributed by atoms with Crippen molar-refractivity contribution in [1.29, 1.82) is 0 Å². The van der Waals surface area contributed by atoms with Crippen LogP contribution in [-0.4, -0.2) is 12.5 Å². The monoisotopic (exact) mass is 399 g/mol. The second-order valence-corrected chi connectivity index (χ2v) is 6.87. The zero-order chi connectivity index (χ0) is 19.1. The first-order chi connectivity index (χ1) is 13.1. The molecule has 0 unspecified atom stereocenters. The summed E-state index contributed by atoms with van der Waals surface area (Å²) < 4.78 is 5.74. The van der Waals surface area contributed by atoms with Gasteiger partial charge in [0.1, 0.15) is 5.75 Å². The molecular weight excluding hydrogens is 381 g/mol. The van der Waals surface area contributed by atoms with Crippen molar-refractivity contribution in [2.75, 3.05) is 6.61 Å². The lowest BCUT2D eigenvalue weighted by Gasteiger charge is -2.09. The summed E-state index contributed by atoms with van der Waals surface area (Å²) in [6.07, 6.45) is 0.838. The summed E-state index contributed by atoms with van der Waals surface area (Å²) in [5.74, 6) is 0.570. The Balaban J connectivity index is 1.49. The number of halogens is 2. The summed E-state index contributed by atoms with van der Waals surface area (Å²) in [5.41, 5.74) is 2.61. The zero-order valence-electron chi connectivity index (χ0n) is 14.6. The Kier molecular flexibility index (Phi) is 6.74. The molecule has 1 N–H and O–H groups in total. The first kappa shape index (κ1) is 19.3. The highest BCUT2D eigenvalue weighted by Gasteiger charge is 2.07. The topological polar surface area (TPSA) is 38.3 Å². The smallest absolute Gasteiger partial charge is 0.251 e. The Morgan fingerprint density at radius 3 is 2.37 bits per heavy atom. The molecule has 0 aromatic heterocycles. The van der Waals surface area contributed by atoms with Gasteiger partial charge in [-0.1, -0.05) is 59.6 Å². The number of amides is 1. The van der Waals surface area contributed by atoms with E-state index in [0.29, 0.717) is 28.8 Å². The normalized spacial score (nSPS) is 10.4. The molecule has 0 aliphatic heterocycles. The van der Waals surface area contributed by atoms with E-state index >= 15 is 0 Å². The Hall–Kier alpha value is -2.49. The Bertz CT molecular complexity index is 896. The van der Waals surface area contributed by atoms with E-state index in [1.165, 1.54) is 5.56 Å². The SMILES string of the molecule is O=C(NCc1ccc(Cl)cc1Cl)c1ccc(OCCc2ccccc2)cc1. The number of carbonyl (C=O) groups is 1. The van der Waals surface area contributed by atoms with Crippen LogP contribution in [0.3, 0.4) is 0 Å². The van der Waals surface area contributed by atoms with Gasteiger partial charge in [0.2, 0.25) is 0 Å². The van der Waals surface area contributed by atoms with Crippen LogP contribution in [0.25, 0.3) is 0 Å². The van der Waals surface area contributed by atoms with E-state index in [1.54, 1.807) is 42.5 Å². The number of carbonyl (C=O) groups excluding carboxylic acids is 1. The van der Waals surface area contributed by atoms with Crippen molar-refractivity contribution < 1.29 is 9.53 Å². The third-order valence-electron chi connectivity index (χ3n) is 4.07. The summed E-state index contributed by atoms with van der Waals surface area (Å²) in [5, 5.41) is 3.95. The molecule has 27 heavy (non-hydrogen) atoms. The lowest BCUT2D eigenvalue weighted by atomic mass is 10.1. The van der Waals surface area contributed by atoms with E-state index in [2.05, 4.69) is 17.4 Å². The molecule has 0 aliphatic rings. The summed E-state index contributed by atoms with van der Waals surface area (Å²) >= 11 is 12.0.